The molecule has 2 fully saturated rings. The highest BCUT2D eigenvalue weighted by Gasteiger charge is 2.39. The number of nitrogens with one attached hydrogen (secondary N) is 2. The average molecular weight is 725 g/mol. The number of ether oxygens (including phenoxy) is 1. The SMILES string of the molecule is Cc1cnc(N2CC3COCC3C2)c(C(=O)Nc2ccc(C(=O)N3CCc4cc(C(=O)Nc5c(F)cccc5F)sc4-c4ncc(F)cc43)cc2)c1. The van der Waals surface area contributed by atoms with Crippen LogP contribution in [-0.2, 0) is 11.2 Å². The number of hydrogen-bond acceptors (Lipinski definition) is 8. The summed E-state index contributed by atoms with van der Waals surface area (Å²) in [6.45, 7) is 4.99. The first kappa shape index (κ1) is 33.5. The molecule has 0 radical (unpaired) electrons. The van der Waals surface area contributed by atoms with Crippen molar-refractivity contribution in [2.75, 3.05) is 53.3 Å². The Morgan fingerprint density at radius 2 is 1.62 bits per heavy atom. The van der Waals surface area contributed by atoms with E-state index in [2.05, 4.69) is 25.5 Å². The topological polar surface area (TPSA) is 117 Å². The van der Waals surface area contributed by atoms with Crippen molar-refractivity contribution in [3.63, 3.8) is 0 Å². The number of anilines is 4. The minimum Gasteiger partial charge on any atom is -0.381 e. The second-order valence-corrected chi connectivity index (χ2v) is 14.2. The van der Waals surface area contributed by atoms with Crippen LogP contribution < -0.4 is 20.4 Å². The summed E-state index contributed by atoms with van der Waals surface area (Å²) in [5.41, 5.74) is 2.72. The van der Waals surface area contributed by atoms with Crippen LogP contribution >= 0.6 is 11.3 Å². The maximum absolute atomic E-state index is 14.6. The zero-order valence-corrected chi connectivity index (χ0v) is 28.6. The number of pyridine rings is 2. The lowest BCUT2D eigenvalue weighted by Crippen LogP contribution is -2.32. The van der Waals surface area contributed by atoms with Gasteiger partial charge in [-0.2, -0.15) is 0 Å². The molecule has 264 valence electrons. The fourth-order valence-corrected chi connectivity index (χ4v) is 8.09. The number of thiophene rings is 1. The van der Waals surface area contributed by atoms with Gasteiger partial charge in [0.2, 0.25) is 0 Å². The van der Waals surface area contributed by atoms with Crippen molar-refractivity contribution in [1.29, 1.82) is 0 Å². The van der Waals surface area contributed by atoms with Crippen LogP contribution in [0.1, 0.15) is 41.5 Å². The largest absolute Gasteiger partial charge is 0.381 e. The van der Waals surface area contributed by atoms with Crippen LogP contribution in [-0.4, -0.2) is 60.5 Å². The molecule has 3 aliphatic heterocycles. The van der Waals surface area contributed by atoms with Gasteiger partial charge in [0.05, 0.1) is 40.4 Å². The van der Waals surface area contributed by atoms with E-state index in [0.717, 1.165) is 48.3 Å². The highest BCUT2D eigenvalue weighted by molar-refractivity contribution is 7.17. The zero-order valence-electron chi connectivity index (χ0n) is 27.8. The number of carbonyl (C=O) groups excluding carboxylic acids is 3. The van der Waals surface area contributed by atoms with E-state index in [9.17, 15) is 27.6 Å². The number of fused-ring (bicyclic) bond motifs is 4. The number of para-hydroxylation sites is 1. The van der Waals surface area contributed by atoms with Crippen LogP contribution in [0.5, 0.6) is 0 Å². The summed E-state index contributed by atoms with van der Waals surface area (Å²) in [5.74, 6) is -2.45. The third-order valence-electron chi connectivity index (χ3n) is 9.60. The van der Waals surface area contributed by atoms with Gasteiger partial charge in [0.25, 0.3) is 17.7 Å². The number of carbonyl (C=O) groups is 3. The molecule has 2 atom stereocenters. The Morgan fingerprint density at radius 1 is 0.885 bits per heavy atom. The molecular weight excluding hydrogens is 694 g/mol. The first-order chi connectivity index (χ1) is 25.1. The molecule has 2 unspecified atom stereocenters. The zero-order chi connectivity index (χ0) is 36.1. The number of rotatable bonds is 6. The number of nitrogens with zero attached hydrogens (tertiary/aromatic N) is 4. The Balaban J connectivity index is 1.00. The molecule has 2 saturated heterocycles. The number of hydrogen-bond donors (Lipinski definition) is 2. The van der Waals surface area contributed by atoms with Crippen LogP contribution in [0.2, 0.25) is 0 Å². The molecule has 3 amide bonds. The highest BCUT2D eigenvalue weighted by atomic mass is 32.1. The van der Waals surface area contributed by atoms with Crippen molar-refractivity contribution >= 4 is 51.9 Å². The molecule has 0 aliphatic carbocycles. The van der Waals surface area contributed by atoms with Crippen molar-refractivity contribution in [2.24, 2.45) is 11.8 Å². The number of aromatic nitrogens is 2. The van der Waals surface area contributed by atoms with Crippen molar-refractivity contribution < 1.29 is 32.3 Å². The highest BCUT2D eigenvalue weighted by Crippen LogP contribution is 2.41. The maximum Gasteiger partial charge on any atom is 0.265 e. The van der Waals surface area contributed by atoms with Crippen LogP contribution in [0.3, 0.4) is 0 Å². The fraction of sp³-hybridized carbons (Fsp3) is 0.237. The quantitative estimate of drug-likeness (QED) is 0.200. The Hall–Kier alpha value is -5.60. The van der Waals surface area contributed by atoms with Crippen LogP contribution in [0, 0.1) is 36.2 Å². The molecule has 10 nitrogen and oxygen atoms in total. The summed E-state index contributed by atoms with van der Waals surface area (Å²) in [4.78, 5) is 53.7. The molecule has 0 spiro atoms. The molecule has 2 N–H and O–H groups in total. The lowest BCUT2D eigenvalue weighted by atomic mass is 10.0. The van der Waals surface area contributed by atoms with Gasteiger partial charge in [0.1, 0.15) is 34.7 Å². The van der Waals surface area contributed by atoms with E-state index in [1.165, 1.54) is 17.0 Å². The van der Waals surface area contributed by atoms with E-state index >= 15 is 0 Å². The number of amides is 3. The molecule has 0 saturated carbocycles. The van der Waals surface area contributed by atoms with E-state index in [1.807, 2.05) is 13.0 Å². The standard InChI is InChI=1S/C38H31F3N6O4S/c1-20-11-27(35(43-14-20)46-16-23-18-51-19-24(23)17-46)36(48)44-26-7-5-21(6-8-26)38(50)47-10-9-22-12-31(37(49)45-32-28(40)3-2-4-29(32)41)52-34(22)33-30(47)13-25(39)15-42-33/h2-8,11-15,23-24H,9-10,16-19H2,1H3,(H,44,48)(H,45,49). The second-order valence-electron chi connectivity index (χ2n) is 13.1. The van der Waals surface area contributed by atoms with Gasteiger partial charge >= 0.3 is 0 Å². The Bertz CT molecular complexity index is 2210. The Kier molecular flexibility index (Phi) is 8.71. The van der Waals surface area contributed by atoms with Gasteiger partial charge in [-0.25, -0.2) is 18.2 Å². The van der Waals surface area contributed by atoms with E-state index < -0.39 is 35.0 Å². The normalized spacial score (nSPS) is 17.6. The van der Waals surface area contributed by atoms with Crippen LogP contribution in [0.15, 0.2) is 73.1 Å². The monoisotopic (exact) mass is 724 g/mol. The van der Waals surface area contributed by atoms with Gasteiger partial charge < -0.3 is 25.2 Å². The Labute approximate surface area is 300 Å². The summed E-state index contributed by atoms with van der Waals surface area (Å²) in [6.07, 6.45) is 3.08. The molecule has 8 rings (SSSR count). The van der Waals surface area contributed by atoms with Crippen molar-refractivity contribution in [3.8, 4) is 10.6 Å². The van der Waals surface area contributed by atoms with Gasteiger partial charge in [-0.05, 0) is 73.0 Å². The third-order valence-corrected chi connectivity index (χ3v) is 10.8. The smallest absolute Gasteiger partial charge is 0.265 e. The van der Waals surface area contributed by atoms with Crippen LogP contribution in [0.25, 0.3) is 10.6 Å². The lowest BCUT2D eigenvalue weighted by molar-refractivity contribution is 0.0985. The molecule has 5 aromatic rings. The summed E-state index contributed by atoms with van der Waals surface area (Å²) in [7, 11) is 0. The van der Waals surface area contributed by atoms with Crippen molar-refractivity contribution in [3.05, 3.63) is 118 Å². The van der Waals surface area contributed by atoms with Crippen LogP contribution in [0.4, 0.5) is 36.1 Å². The third kappa shape index (κ3) is 6.28. The van der Waals surface area contributed by atoms with Gasteiger partial charge in [0, 0.05) is 55.0 Å². The molecule has 2 aromatic carbocycles. The summed E-state index contributed by atoms with van der Waals surface area (Å²) in [6, 6.07) is 14.4. The Morgan fingerprint density at radius 3 is 2.35 bits per heavy atom. The van der Waals surface area contributed by atoms with Gasteiger partial charge in [-0.1, -0.05) is 6.07 Å². The summed E-state index contributed by atoms with van der Waals surface area (Å²) < 4.78 is 48.6. The number of benzene rings is 2. The predicted octanol–water partition coefficient (Wildman–Crippen LogP) is 6.72. The van der Waals surface area contributed by atoms with Crippen molar-refractivity contribution in [2.45, 2.75) is 13.3 Å². The molecule has 6 heterocycles. The van der Waals surface area contributed by atoms with Crippen molar-refractivity contribution in [1.82, 2.24) is 9.97 Å². The number of halogens is 3. The molecule has 0 bridgehead atoms. The lowest BCUT2D eigenvalue weighted by Gasteiger charge is -2.23. The number of aryl methyl sites for hydroxylation is 1. The minimum atomic E-state index is -0.910. The maximum atomic E-state index is 14.6. The van der Waals surface area contributed by atoms with Gasteiger partial charge in [0.15, 0.2) is 0 Å². The fourth-order valence-electron chi connectivity index (χ4n) is 6.98. The minimum absolute atomic E-state index is 0.135. The summed E-state index contributed by atoms with van der Waals surface area (Å²) in [5, 5.41) is 5.23. The molecule has 52 heavy (non-hydrogen) atoms. The summed E-state index contributed by atoms with van der Waals surface area (Å²) >= 11 is 1.03. The van der Waals surface area contributed by atoms with E-state index in [0.29, 0.717) is 70.2 Å². The second kappa shape index (κ2) is 13.5. The van der Waals surface area contributed by atoms with Gasteiger partial charge in [-0.15, -0.1) is 11.3 Å². The van der Waals surface area contributed by atoms with E-state index in [1.54, 1.807) is 36.5 Å². The molecule has 3 aromatic heterocycles. The molecule has 3 aliphatic rings. The molecule has 14 heteroatoms. The molecular formula is C38H31F3N6O4S. The first-order valence-electron chi connectivity index (χ1n) is 16.7. The van der Waals surface area contributed by atoms with Gasteiger partial charge in [-0.3, -0.25) is 19.4 Å². The first-order valence-corrected chi connectivity index (χ1v) is 17.5. The average Bonchev–Trinajstić information content (AvgIpc) is 3.84. The van der Waals surface area contributed by atoms with E-state index in [-0.39, 0.29) is 23.0 Å². The predicted molar refractivity (Wildman–Crippen MR) is 191 cm³/mol. The van der Waals surface area contributed by atoms with E-state index in [4.69, 9.17) is 4.74 Å².